The third kappa shape index (κ3) is 4.22. The van der Waals surface area contributed by atoms with Crippen LogP contribution in [-0.2, 0) is 17.6 Å². The third-order valence-electron chi connectivity index (χ3n) is 4.58. The maximum atomic E-state index is 12.2. The summed E-state index contributed by atoms with van der Waals surface area (Å²) in [6.07, 6.45) is 3.43. The second-order valence-electron chi connectivity index (χ2n) is 6.92. The average Bonchev–Trinajstić information content (AvgIpc) is 3.28. The second kappa shape index (κ2) is 7.56. The summed E-state index contributed by atoms with van der Waals surface area (Å²) in [5, 5.41) is 11.5. The Hall–Kier alpha value is -2.60. The molecule has 1 N–H and O–H groups in total. The summed E-state index contributed by atoms with van der Waals surface area (Å²) in [7, 11) is 0. The standard InChI is InChI=1S/C21H21N3O2S/c1-13-8-14(2)10-17(9-13)20-23-24-21(26-20)27-12-19(25)22-18-7-6-15-4-3-5-16(15)11-18/h6-11H,3-5,12H2,1-2H3,(H,22,25). The lowest BCUT2D eigenvalue weighted by Gasteiger charge is -2.06. The first-order valence-electron chi connectivity index (χ1n) is 9.03. The predicted octanol–water partition coefficient (Wildman–Crippen LogP) is 4.57. The highest BCUT2D eigenvalue weighted by atomic mass is 32.2. The molecule has 2 aromatic carbocycles. The molecule has 0 aliphatic heterocycles. The highest BCUT2D eigenvalue weighted by Crippen LogP contribution is 2.26. The van der Waals surface area contributed by atoms with Gasteiger partial charge in [0.2, 0.25) is 11.8 Å². The van der Waals surface area contributed by atoms with Crippen LogP contribution in [-0.4, -0.2) is 21.9 Å². The van der Waals surface area contributed by atoms with E-state index in [9.17, 15) is 4.79 Å². The van der Waals surface area contributed by atoms with Crippen molar-refractivity contribution in [1.29, 1.82) is 0 Å². The molecule has 0 radical (unpaired) electrons. The molecule has 0 saturated heterocycles. The number of rotatable bonds is 5. The van der Waals surface area contributed by atoms with Gasteiger partial charge >= 0.3 is 0 Å². The van der Waals surface area contributed by atoms with Gasteiger partial charge in [-0.15, -0.1) is 10.2 Å². The number of thioether (sulfide) groups is 1. The summed E-state index contributed by atoms with van der Waals surface area (Å²) in [5.41, 5.74) is 6.77. The van der Waals surface area contributed by atoms with Crippen molar-refractivity contribution in [2.45, 2.75) is 38.3 Å². The number of amides is 1. The summed E-state index contributed by atoms with van der Waals surface area (Å²) in [6.45, 7) is 4.07. The van der Waals surface area contributed by atoms with Gasteiger partial charge in [0.1, 0.15) is 0 Å². The van der Waals surface area contributed by atoms with Crippen LogP contribution in [0.4, 0.5) is 5.69 Å². The van der Waals surface area contributed by atoms with Gasteiger partial charge < -0.3 is 9.73 Å². The van der Waals surface area contributed by atoms with E-state index in [1.54, 1.807) is 0 Å². The molecule has 27 heavy (non-hydrogen) atoms. The van der Waals surface area contributed by atoms with Crippen molar-refractivity contribution < 1.29 is 9.21 Å². The summed E-state index contributed by atoms with van der Waals surface area (Å²) in [5.74, 6) is 0.624. The normalized spacial score (nSPS) is 12.8. The van der Waals surface area contributed by atoms with E-state index in [1.165, 1.54) is 29.3 Å². The van der Waals surface area contributed by atoms with Gasteiger partial charge in [-0.05, 0) is 68.5 Å². The van der Waals surface area contributed by atoms with Crippen LogP contribution in [0.25, 0.3) is 11.5 Å². The fourth-order valence-electron chi connectivity index (χ4n) is 3.46. The van der Waals surface area contributed by atoms with Crippen LogP contribution < -0.4 is 5.32 Å². The zero-order valence-electron chi connectivity index (χ0n) is 15.4. The second-order valence-corrected chi connectivity index (χ2v) is 7.85. The molecular weight excluding hydrogens is 358 g/mol. The van der Waals surface area contributed by atoms with Gasteiger partial charge in [0.05, 0.1) is 5.75 Å². The first-order valence-corrected chi connectivity index (χ1v) is 10.0. The molecule has 0 atom stereocenters. The topological polar surface area (TPSA) is 68.0 Å². The van der Waals surface area contributed by atoms with E-state index in [4.69, 9.17) is 4.42 Å². The number of carbonyl (C=O) groups is 1. The predicted molar refractivity (Wildman–Crippen MR) is 107 cm³/mol. The first-order chi connectivity index (χ1) is 13.1. The van der Waals surface area contributed by atoms with Crippen LogP contribution in [0, 0.1) is 13.8 Å². The van der Waals surface area contributed by atoms with Crippen LogP contribution >= 0.6 is 11.8 Å². The van der Waals surface area contributed by atoms with Crippen molar-refractivity contribution in [2.75, 3.05) is 11.1 Å². The fourth-order valence-corrected chi connectivity index (χ4v) is 4.02. The molecule has 0 unspecified atom stereocenters. The van der Waals surface area contributed by atoms with E-state index < -0.39 is 0 Å². The summed E-state index contributed by atoms with van der Waals surface area (Å²) < 4.78 is 5.70. The number of hydrogen-bond donors (Lipinski definition) is 1. The molecule has 3 aromatic rings. The lowest BCUT2D eigenvalue weighted by molar-refractivity contribution is -0.113. The molecule has 1 amide bonds. The Labute approximate surface area is 162 Å². The zero-order chi connectivity index (χ0) is 18.8. The Balaban J connectivity index is 1.36. The molecule has 0 spiro atoms. The van der Waals surface area contributed by atoms with Crippen molar-refractivity contribution in [1.82, 2.24) is 10.2 Å². The van der Waals surface area contributed by atoms with Crippen LogP contribution in [0.2, 0.25) is 0 Å². The van der Waals surface area contributed by atoms with Gasteiger partial charge in [-0.3, -0.25) is 4.79 Å². The Morgan fingerprint density at radius 2 is 1.85 bits per heavy atom. The minimum Gasteiger partial charge on any atom is -0.411 e. The quantitative estimate of drug-likeness (QED) is 0.658. The summed E-state index contributed by atoms with van der Waals surface area (Å²) in [6, 6.07) is 12.3. The molecule has 0 saturated carbocycles. The number of aromatic nitrogens is 2. The lowest BCUT2D eigenvalue weighted by Crippen LogP contribution is -2.14. The van der Waals surface area contributed by atoms with E-state index in [2.05, 4.69) is 33.7 Å². The molecule has 0 bridgehead atoms. The Bertz CT molecular complexity index is 977. The number of benzene rings is 2. The third-order valence-corrected chi connectivity index (χ3v) is 5.40. The smallest absolute Gasteiger partial charge is 0.277 e. The number of hydrogen-bond acceptors (Lipinski definition) is 5. The van der Waals surface area contributed by atoms with Crippen LogP contribution in [0.5, 0.6) is 0 Å². The van der Waals surface area contributed by atoms with Crippen LogP contribution in [0.1, 0.15) is 28.7 Å². The Morgan fingerprint density at radius 3 is 2.67 bits per heavy atom. The monoisotopic (exact) mass is 379 g/mol. The number of fused-ring (bicyclic) bond motifs is 1. The number of carbonyl (C=O) groups excluding carboxylic acids is 1. The van der Waals surface area contributed by atoms with E-state index >= 15 is 0 Å². The Kier molecular flexibility index (Phi) is 4.99. The molecule has 1 aliphatic rings. The van der Waals surface area contributed by atoms with Crippen LogP contribution in [0.15, 0.2) is 46.0 Å². The molecule has 1 aliphatic carbocycles. The minimum absolute atomic E-state index is 0.0795. The molecule has 4 rings (SSSR count). The number of nitrogens with one attached hydrogen (secondary N) is 1. The first kappa shape index (κ1) is 17.8. The maximum Gasteiger partial charge on any atom is 0.277 e. The highest BCUT2D eigenvalue weighted by Gasteiger charge is 2.14. The van der Waals surface area contributed by atoms with Gasteiger partial charge in [-0.1, -0.05) is 35.0 Å². The van der Waals surface area contributed by atoms with E-state index in [1.807, 2.05) is 32.0 Å². The van der Waals surface area contributed by atoms with E-state index in [0.29, 0.717) is 11.1 Å². The SMILES string of the molecule is Cc1cc(C)cc(-c2nnc(SCC(=O)Nc3ccc4c(c3)CCC4)o2)c1. The van der Waals surface area contributed by atoms with Crippen LogP contribution in [0.3, 0.4) is 0 Å². The number of anilines is 1. The van der Waals surface area contributed by atoms with E-state index in [-0.39, 0.29) is 11.7 Å². The van der Waals surface area contributed by atoms with Crippen molar-refractivity contribution in [3.05, 3.63) is 58.7 Å². The van der Waals surface area contributed by atoms with Gasteiger partial charge in [0.15, 0.2) is 0 Å². The Morgan fingerprint density at radius 1 is 1.07 bits per heavy atom. The van der Waals surface area contributed by atoms with Gasteiger partial charge in [-0.2, -0.15) is 0 Å². The van der Waals surface area contributed by atoms with E-state index in [0.717, 1.165) is 35.2 Å². The molecule has 138 valence electrons. The molecule has 5 nitrogen and oxygen atoms in total. The minimum atomic E-state index is -0.0795. The molecular formula is C21H21N3O2S. The zero-order valence-corrected chi connectivity index (χ0v) is 16.2. The summed E-state index contributed by atoms with van der Waals surface area (Å²) >= 11 is 1.24. The molecule has 6 heteroatoms. The van der Waals surface area contributed by atoms with Gasteiger partial charge in [0.25, 0.3) is 5.22 Å². The van der Waals surface area contributed by atoms with Gasteiger partial charge in [0, 0.05) is 11.3 Å². The molecule has 0 fully saturated rings. The van der Waals surface area contributed by atoms with Crippen molar-refractivity contribution >= 4 is 23.4 Å². The number of nitrogens with zero attached hydrogens (tertiary/aromatic N) is 2. The molecule has 1 heterocycles. The lowest BCUT2D eigenvalue weighted by atomic mass is 10.1. The average molecular weight is 379 g/mol. The van der Waals surface area contributed by atoms with Gasteiger partial charge in [-0.25, -0.2) is 0 Å². The highest BCUT2D eigenvalue weighted by molar-refractivity contribution is 7.99. The van der Waals surface area contributed by atoms with Crippen molar-refractivity contribution in [3.8, 4) is 11.5 Å². The summed E-state index contributed by atoms with van der Waals surface area (Å²) in [4.78, 5) is 12.2. The molecule has 1 aromatic heterocycles. The maximum absolute atomic E-state index is 12.2. The number of aryl methyl sites for hydroxylation is 4. The fraction of sp³-hybridized carbons (Fsp3) is 0.286. The largest absolute Gasteiger partial charge is 0.411 e. The van der Waals surface area contributed by atoms with Crippen molar-refractivity contribution in [3.63, 3.8) is 0 Å². The van der Waals surface area contributed by atoms with Crippen molar-refractivity contribution in [2.24, 2.45) is 0 Å².